The summed E-state index contributed by atoms with van der Waals surface area (Å²) in [5.74, 6) is 0.601. The topological polar surface area (TPSA) is 33.4 Å². The molecule has 0 bridgehead atoms. The summed E-state index contributed by atoms with van der Waals surface area (Å²) in [4.78, 5) is 0. The summed E-state index contributed by atoms with van der Waals surface area (Å²) in [6.07, 6.45) is 1.52. The summed E-state index contributed by atoms with van der Waals surface area (Å²) in [7, 11) is 0. The Kier molecular flexibility index (Phi) is 2.69. The Morgan fingerprint density at radius 2 is 2.00 bits per heavy atom. The number of hydrogen-bond acceptors (Lipinski definition) is 2. The third-order valence-electron chi connectivity index (χ3n) is 4.35. The lowest BCUT2D eigenvalue weighted by Crippen LogP contribution is -2.23. The van der Waals surface area contributed by atoms with Gasteiger partial charge in [0.1, 0.15) is 16.9 Å². The van der Waals surface area contributed by atoms with Crippen molar-refractivity contribution in [3.8, 4) is 0 Å². The molecule has 1 heterocycles. The Hall–Kier alpha value is -1.77. The third kappa shape index (κ3) is 1.90. The molecule has 106 valence electrons. The van der Waals surface area contributed by atoms with Gasteiger partial charge in [-0.2, -0.15) is 0 Å². The first-order chi connectivity index (χ1) is 10.1. The summed E-state index contributed by atoms with van der Waals surface area (Å²) >= 11 is 6.02. The molecule has 0 spiro atoms. The van der Waals surface area contributed by atoms with Gasteiger partial charge in [0, 0.05) is 10.4 Å². The van der Waals surface area contributed by atoms with Gasteiger partial charge in [-0.15, -0.1) is 0 Å². The molecule has 0 saturated heterocycles. The molecule has 3 aromatic rings. The van der Waals surface area contributed by atoms with Crippen LogP contribution in [0.1, 0.15) is 28.9 Å². The molecule has 0 radical (unpaired) electrons. The number of benzene rings is 2. The molecule has 0 fully saturated rings. The molecule has 1 aliphatic carbocycles. The number of fused-ring (bicyclic) bond motifs is 2. The zero-order valence-electron chi connectivity index (χ0n) is 11.7. The van der Waals surface area contributed by atoms with E-state index in [9.17, 15) is 5.11 Å². The van der Waals surface area contributed by atoms with Gasteiger partial charge >= 0.3 is 0 Å². The van der Waals surface area contributed by atoms with Crippen LogP contribution < -0.4 is 0 Å². The molecule has 0 amide bonds. The normalized spacial score (nSPS) is 20.9. The molecule has 1 aliphatic rings. The molecule has 3 heteroatoms. The van der Waals surface area contributed by atoms with Crippen molar-refractivity contribution in [2.45, 2.75) is 25.4 Å². The van der Waals surface area contributed by atoms with Gasteiger partial charge in [-0.3, -0.25) is 0 Å². The molecule has 1 atom stereocenters. The van der Waals surface area contributed by atoms with Gasteiger partial charge < -0.3 is 9.52 Å². The van der Waals surface area contributed by atoms with E-state index < -0.39 is 5.60 Å². The van der Waals surface area contributed by atoms with Crippen LogP contribution in [0.15, 0.2) is 46.9 Å². The van der Waals surface area contributed by atoms with Crippen molar-refractivity contribution in [1.82, 2.24) is 0 Å². The van der Waals surface area contributed by atoms with Gasteiger partial charge in [0.25, 0.3) is 0 Å². The summed E-state index contributed by atoms with van der Waals surface area (Å²) in [5, 5.41) is 12.8. The van der Waals surface area contributed by atoms with Crippen LogP contribution in [0, 0.1) is 6.92 Å². The minimum Gasteiger partial charge on any atom is -0.458 e. The average Bonchev–Trinajstić information content (AvgIpc) is 3.02. The molecule has 4 rings (SSSR count). The fraction of sp³-hybridized carbons (Fsp3) is 0.222. The van der Waals surface area contributed by atoms with Gasteiger partial charge in [0.05, 0.1) is 0 Å². The van der Waals surface area contributed by atoms with Crippen LogP contribution in [-0.4, -0.2) is 5.11 Å². The molecule has 1 aromatic heterocycles. The first kappa shape index (κ1) is 12.9. The monoisotopic (exact) mass is 298 g/mol. The van der Waals surface area contributed by atoms with E-state index in [4.69, 9.17) is 16.0 Å². The maximum absolute atomic E-state index is 11.2. The van der Waals surface area contributed by atoms with Gasteiger partial charge in [-0.05, 0) is 55.2 Å². The highest BCUT2D eigenvalue weighted by Gasteiger charge is 2.41. The molecule has 0 aliphatic heterocycles. The van der Waals surface area contributed by atoms with E-state index in [1.54, 1.807) is 6.07 Å². The Morgan fingerprint density at radius 1 is 1.14 bits per heavy atom. The van der Waals surface area contributed by atoms with Gasteiger partial charge in [0.2, 0.25) is 0 Å². The van der Waals surface area contributed by atoms with E-state index in [2.05, 4.69) is 18.2 Å². The quantitative estimate of drug-likeness (QED) is 0.713. The van der Waals surface area contributed by atoms with Crippen LogP contribution in [0.3, 0.4) is 0 Å². The van der Waals surface area contributed by atoms with Crippen molar-refractivity contribution in [3.63, 3.8) is 0 Å². The number of hydrogen-bond donors (Lipinski definition) is 1. The Bertz CT molecular complexity index is 850. The third-order valence-corrected chi connectivity index (χ3v) is 4.59. The highest BCUT2D eigenvalue weighted by Crippen LogP contribution is 2.44. The predicted molar refractivity (Wildman–Crippen MR) is 83.7 cm³/mol. The molecular formula is C18H15ClO2. The van der Waals surface area contributed by atoms with E-state index in [-0.39, 0.29) is 0 Å². The molecular weight excluding hydrogens is 284 g/mol. The lowest BCUT2D eigenvalue weighted by Gasteiger charge is -2.21. The van der Waals surface area contributed by atoms with Gasteiger partial charge in [-0.1, -0.05) is 35.4 Å². The standard InChI is InChI=1S/C18H15ClO2/c1-11-2-3-12-6-7-18(20,15(12)8-11)17-10-13-9-14(19)4-5-16(13)21-17/h2-5,8-10,20H,6-7H2,1H3. The van der Waals surface area contributed by atoms with E-state index in [0.29, 0.717) is 17.2 Å². The lowest BCUT2D eigenvalue weighted by atomic mass is 9.92. The highest BCUT2D eigenvalue weighted by atomic mass is 35.5. The van der Waals surface area contributed by atoms with Crippen molar-refractivity contribution in [3.05, 3.63) is 69.9 Å². The summed E-state index contributed by atoms with van der Waals surface area (Å²) in [6.45, 7) is 2.04. The van der Waals surface area contributed by atoms with E-state index in [0.717, 1.165) is 28.5 Å². The van der Waals surface area contributed by atoms with Gasteiger partial charge in [-0.25, -0.2) is 0 Å². The Morgan fingerprint density at radius 3 is 2.86 bits per heavy atom. The smallest absolute Gasteiger partial charge is 0.148 e. The maximum atomic E-state index is 11.2. The second kappa shape index (κ2) is 4.36. The largest absolute Gasteiger partial charge is 0.458 e. The van der Waals surface area contributed by atoms with Crippen molar-refractivity contribution >= 4 is 22.6 Å². The van der Waals surface area contributed by atoms with Crippen molar-refractivity contribution in [2.75, 3.05) is 0 Å². The first-order valence-electron chi connectivity index (χ1n) is 7.08. The van der Waals surface area contributed by atoms with Crippen molar-refractivity contribution in [2.24, 2.45) is 0 Å². The zero-order valence-corrected chi connectivity index (χ0v) is 12.4. The van der Waals surface area contributed by atoms with E-state index >= 15 is 0 Å². The van der Waals surface area contributed by atoms with Crippen LogP contribution >= 0.6 is 11.6 Å². The number of halogens is 1. The number of rotatable bonds is 1. The maximum Gasteiger partial charge on any atom is 0.148 e. The Labute approximate surface area is 128 Å². The predicted octanol–water partition coefficient (Wildman–Crippen LogP) is 4.58. The molecule has 1 unspecified atom stereocenters. The number of furan rings is 1. The van der Waals surface area contributed by atoms with E-state index in [1.165, 1.54) is 5.56 Å². The minimum atomic E-state index is -1.03. The van der Waals surface area contributed by atoms with E-state index in [1.807, 2.05) is 25.1 Å². The Balaban J connectivity index is 1.91. The van der Waals surface area contributed by atoms with Crippen molar-refractivity contribution < 1.29 is 9.52 Å². The summed E-state index contributed by atoms with van der Waals surface area (Å²) in [6, 6.07) is 13.6. The molecule has 2 nitrogen and oxygen atoms in total. The average molecular weight is 299 g/mol. The highest BCUT2D eigenvalue weighted by molar-refractivity contribution is 6.31. The molecule has 2 aromatic carbocycles. The lowest BCUT2D eigenvalue weighted by molar-refractivity contribution is 0.0604. The van der Waals surface area contributed by atoms with Crippen LogP contribution in [-0.2, 0) is 12.0 Å². The van der Waals surface area contributed by atoms with Crippen LogP contribution in [0.2, 0.25) is 5.02 Å². The van der Waals surface area contributed by atoms with Crippen LogP contribution in [0.4, 0.5) is 0 Å². The fourth-order valence-corrected chi connectivity index (χ4v) is 3.40. The number of aliphatic hydroxyl groups is 1. The molecule has 1 N–H and O–H groups in total. The fourth-order valence-electron chi connectivity index (χ4n) is 3.22. The first-order valence-corrected chi connectivity index (χ1v) is 7.46. The number of aryl methyl sites for hydroxylation is 2. The molecule has 0 saturated carbocycles. The second-order valence-corrected chi connectivity index (χ2v) is 6.25. The van der Waals surface area contributed by atoms with Gasteiger partial charge in [0.15, 0.2) is 0 Å². The van der Waals surface area contributed by atoms with Crippen LogP contribution in [0.5, 0.6) is 0 Å². The zero-order chi connectivity index (χ0) is 14.6. The SMILES string of the molecule is Cc1ccc2c(c1)C(O)(c1cc3cc(Cl)ccc3o1)CC2. The minimum absolute atomic E-state index is 0.601. The van der Waals surface area contributed by atoms with Crippen molar-refractivity contribution in [1.29, 1.82) is 0 Å². The summed E-state index contributed by atoms with van der Waals surface area (Å²) in [5.41, 5.74) is 3.03. The summed E-state index contributed by atoms with van der Waals surface area (Å²) < 4.78 is 5.90. The van der Waals surface area contributed by atoms with Crippen LogP contribution in [0.25, 0.3) is 11.0 Å². The molecule has 21 heavy (non-hydrogen) atoms. The second-order valence-electron chi connectivity index (χ2n) is 5.81.